The van der Waals surface area contributed by atoms with Gasteiger partial charge in [0.1, 0.15) is 12.2 Å². The maximum absolute atomic E-state index is 4.37. The van der Waals surface area contributed by atoms with Gasteiger partial charge in [-0.2, -0.15) is 5.10 Å². The Balaban J connectivity index is 1.88. The van der Waals surface area contributed by atoms with Gasteiger partial charge in [0.25, 0.3) is 0 Å². The zero-order chi connectivity index (χ0) is 13.5. The molecule has 1 saturated carbocycles. The molecule has 1 aromatic heterocycles. The fourth-order valence-corrected chi connectivity index (χ4v) is 3.14. The van der Waals surface area contributed by atoms with E-state index in [-0.39, 0.29) is 0 Å². The Hall–Kier alpha value is -0.900. The van der Waals surface area contributed by atoms with Crippen LogP contribution in [0, 0.1) is 5.92 Å². The van der Waals surface area contributed by atoms with Crippen molar-refractivity contribution in [3.63, 3.8) is 0 Å². The van der Waals surface area contributed by atoms with Gasteiger partial charge in [0, 0.05) is 19.5 Å². The molecule has 2 rings (SSSR count). The summed E-state index contributed by atoms with van der Waals surface area (Å²) in [5, 5.41) is 7.88. The lowest BCUT2D eigenvalue weighted by atomic mass is 9.84. The maximum atomic E-state index is 4.37. The van der Waals surface area contributed by atoms with Crippen LogP contribution in [0.4, 0.5) is 0 Å². The molecule has 0 aliphatic heterocycles. The zero-order valence-electron chi connectivity index (χ0n) is 12.4. The predicted molar refractivity (Wildman–Crippen MR) is 78.0 cm³/mol. The normalized spacial score (nSPS) is 18.6. The van der Waals surface area contributed by atoms with Gasteiger partial charge in [-0.3, -0.25) is 4.68 Å². The molecule has 1 aliphatic rings. The fourth-order valence-electron chi connectivity index (χ4n) is 3.14. The van der Waals surface area contributed by atoms with E-state index in [1.807, 2.05) is 11.7 Å². The largest absolute Gasteiger partial charge is 0.314 e. The van der Waals surface area contributed by atoms with E-state index in [0.717, 1.165) is 24.7 Å². The van der Waals surface area contributed by atoms with Gasteiger partial charge in [0.05, 0.1) is 0 Å². The molecule has 1 aliphatic carbocycles. The number of nitrogens with one attached hydrogen (secondary N) is 1. The van der Waals surface area contributed by atoms with Gasteiger partial charge in [-0.15, -0.1) is 0 Å². The standard InChI is InChI=1S/C15H28N4/c1-3-9-16-14(10-13-7-5-4-6-8-13)11-15-17-12-18-19(15)2/h12-14,16H,3-11H2,1-2H3. The molecular formula is C15H28N4. The van der Waals surface area contributed by atoms with Crippen molar-refractivity contribution in [2.45, 2.75) is 64.3 Å². The second-order valence-electron chi connectivity index (χ2n) is 5.89. The molecule has 0 spiro atoms. The lowest BCUT2D eigenvalue weighted by Crippen LogP contribution is -2.35. The third-order valence-corrected chi connectivity index (χ3v) is 4.26. The average molecular weight is 264 g/mol. The molecule has 1 fully saturated rings. The van der Waals surface area contributed by atoms with Gasteiger partial charge >= 0.3 is 0 Å². The summed E-state index contributed by atoms with van der Waals surface area (Å²) < 4.78 is 1.90. The number of rotatable bonds is 7. The lowest BCUT2D eigenvalue weighted by Gasteiger charge is -2.27. The van der Waals surface area contributed by atoms with Crippen molar-refractivity contribution in [3.05, 3.63) is 12.2 Å². The van der Waals surface area contributed by atoms with E-state index < -0.39 is 0 Å². The van der Waals surface area contributed by atoms with Gasteiger partial charge in [0.15, 0.2) is 0 Å². The fraction of sp³-hybridized carbons (Fsp3) is 0.867. The number of hydrogen-bond donors (Lipinski definition) is 1. The van der Waals surface area contributed by atoms with E-state index in [0.29, 0.717) is 6.04 Å². The highest BCUT2D eigenvalue weighted by Crippen LogP contribution is 2.27. The highest BCUT2D eigenvalue weighted by molar-refractivity contribution is 4.90. The predicted octanol–water partition coefficient (Wildman–Crippen LogP) is 2.70. The van der Waals surface area contributed by atoms with Gasteiger partial charge in [-0.25, -0.2) is 4.98 Å². The Morgan fingerprint density at radius 2 is 2.16 bits per heavy atom. The lowest BCUT2D eigenvalue weighted by molar-refractivity contribution is 0.294. The Labute approximate surface area is 117 Å². The minimum Gasteiger partial charge on any atom is -0.314 e. The van der Waals surface area contributed by atoms with Crippen LogP contribution in [0.1, 0.15) is 57.7 Å². The Kier molecular flexibility index (Phi) is 5.83. The van der Waals surface area contributed by atoms with Crippen molar-refractivity contribution in [2.75, 3.05) is 6.54 Å². The summed E-state index contributed by atoms with van der Waals surface area (Å²) >= 11 is 0. The van der Waals surface area contributed by atoms with E-state index >= 15 is 0 Å². The van der Waals surface area contributed by atoms with Gasteiger partial charge in [-0.1, -0.05) is 39.0 Å². The van der Waals surface area contributed by atoms with Gasteiger partial charge in [0.2, 0.25) is 0 Å². The second kappa shape index (κ2) is 7.63. The van der Waals surface area contributed by atoms with Crippen LogP contribution in [0.15, 0.2) is 6.33 Å². The van der Waals surface area contributed by atoms with E-state index in [1.165, 1.54) is 44.9 Å². The molecule has 1 heterocycles. The van der Waals surface area contributed by atoms with E-state index in [4.69, 9.17) is 0 Å². The first-order valence-corrected chi connectivity index (χ1v) is 7.85. The topological polar surface area (TPSA) is 42.7 Å². The molecule has 4 nitrogen and oxygen atoms in total. The summed E-state index contributed by atoms with van der Waals surface area (Å²) in [5.41, 5.74) is 0. The molecule has 19 heavy (non-hydrogen) atoms. The van der Waals surface area contributed by atoms with Crippen molar-refractivity contribution in [2.24, 2.45) is 13.0 Å². The maximum Gasteiger partial charge on any atom is 0.138 e. The summed E-state index contributed by atoms with van der Waals surface area (Å²) in [6, 6.07) is 0.561. The van der Waals surface area contributed by atoms with Crippen LogP contribution >= 0.6 is 0 Å². The van der Waals surface area contributed by atoms with Crippen LogP contribution in [-0.2, 0) is 13.5 Å². The molecule has 0 radical (unpaired) electrons. The molecule has 1 N–H and O–H groups in total. The average Bonchev–Trinajstić information content (AvgIpc) is 2.83. The molecule has 0 saturated heterocycles. The first kappa shape index (κ1) is 14.5. The van der Waals surface area contributed by atoms with Crippen LogP contribution in [0.25, 0.3) is 0 Å². The van der Waals surface area contributed by atoms with E-state index in [9.17, 15) is 0 Å². The van der Waals surface area contributed by atoms with Gasteiger partial charge < -0.3 is 5.32 Å². The minimum atomic E-state index is 0.561. The first-order valence-electron chi connectivity index (χ1n) is 7.85. The summed E-state index contributed by atoms with van der Waals surface area (Å²) in [6.45, 7) is 3.34. The summed E-state index contributed by atoms with van der Waals surface area (Å²) in [6.07, 6.45) is 12.3. The highest BCUT2D eigenvalue weighted by atomic mass is 15.3. The van der Waals surface area contributed by atoms with E-state index in [1.54, 1.807) is 6.33 Å². The molecule has 4 heteroatoms. The molecule has 0 bridgehead atoms. The monoisotopic (exact) mass is 264 g/mol. The summed E-state index contributed by atoms with van der Waals surface area (Å²) in [5.74, 6) is 2.01. The molecular weight excluding hydrogens is 236 g/mol. The summed E-state index contributed by atoms with van der Waals surface area (Å²) in [4.78, 5) is 4.37. The SMILES string of the molecule is CCCNC(Cc1ncnn1C)CC1CCCCC1. The van der Waals surface area contributed by atoms with Gasteiger partial charge in [-0.05, 0) is 25.3 Å². The molecule has 108 valence electrons. The van der Waals surface area contributed by atoms with E-state index in [2.05, 4.69) is 22.3 Å². The molecule has 1 atom stereocenters. The van der Waals surface area contributed by atoms with Crippen LogP contribution in [0.2, 0.25) is 0 Å². The van der Waals surface area contributed by atoms with Crippen LogP contribution < -0.4 is 5.32 Å². The van der Waals surface area contributed by atoms with Crippen molar-refractivity contribution in [1.29, 1.82) is 0 Å². The smallest absolute Gasteiger partial charge is 0.138 e. The Morgan fingerprint density at radius 1 is 1.37 bits per heavy atom. The quantitative estimate of drug-likeness (QED) is 0.823. The third kappa shape index (κ3) is 4.60. The van der Waals surface area contributed by atoms with Crippen molar-refractivity contribution >= 4 is 0 Å². The van der Waals surface area contributed by atoms with Crippen molar-refractivity contribution < 1.29 is 0 Å². The van der Waals surface area contributed by atoms with Crippen molar-refractivity contribution in [3.8, 4) is 0 Å². The van der Waals surface area contributed by atoms with Crippen LogP contribution in [-0.4, -0.2) is 27.4 Å². The number of aromatic nitrogens is 3. The number of hydrogen-bond acceptors (Lipinski definition) is 3. The zero-order valence-corrected chi connectivity index (χ0v) is 12.4. The highest BCUT2D eigenvalue weighted by Gasteiger charge is 2.20. The number of nitrogens with zero attached hydrogens (tertiary/aromatic N) is 3. The number of aryl methyl sites for hydroxylation is 1. The first-order chi connectivity index (χ1) is 9.29. The van der Waals surface area contributed by atoms with Crippen molar-refractivity contribution in [1.82, 2.24) is 20.1 Å². The second-order valence-corrected chi connectivity index (χ2v) is 5.89. The Bertz CT molecular complexity index is 355. The minimum absolute atomic E-state index is 0.561. The van der Waals surface area contributed by atoms with Crippen LogP contribution in [0.3, 0.4) is 0 Å². The molecule has 1 aromatic rings. The molecule has 1 unspecified atom stereocenters. The Morgan fingerprint density at radius 3 is 2.79 bits per heavy atom. The molecule has 0 amide bonds. The summed E-state index contributed by atoms with van der Waals surface area (Å²) in [7, 11) is 1.99. The molecule has 0 aromatic carbocycles. The van der Waals surface area contributed by atoms with Crippen LogP contribution in [0.5, 0.6) is 0 Å². The third-order valence-electron chi connectivity index (χ3n) is 4.26.